The molecule has 0 spiro atoms. The molecule has 0 saturated carbocycles. The van der Waals surface area contributed by atoms with Crippen LogP contribution in [0, 0.1) is 0 Å². The second-order valence-electron chi connectivity index (χ2n) is 7.37. The molecule has 0 bridgehead atoms. The molecule has 3 rings (SSSR count). The molecule has 0 aliphatic heterocycles. The number of methoxy groups -OCH3 is 1. The van der Waals surface area contributed by atoms with E-state index in [1.165, 1.54) is 7.11 Å². The topological polar surface area (TPSA) is 102 Å². The molecular formula is C26H26O7. The summed E-state index contributed by atoms with van der Waals surface area (Å²) in [4.78, 5) is 22.0. The number of carbonyl (C=O) groups is 2. The van der Waals surface area contributed by atoms with E-state index in [1.54, 1.807) is 24.3 Å². The van der Waals surface area contributed by atoms with Crippen molar-refractivity contribution < 1.29 is 34.0 Å². The maximum atomic E-state index is 11.0. The molecule has 172 valence electrons. The summed E-state index contributed by atoms with van der Waals surface area (Å²) < 4.78 is 16.4. The van der Waals surface area contributed by atoms with Crippen molar-refractivity contribution in [3.8, 4) is 22.6 Å². The van der Waals surface area contributed by atoms with Gasteiger partial charge in [0.15, 0.2) is 6.10 Å². The van der Waals surface area contributed by atoms with Gasteiger partial charge in [-0.05, 0) is 53.1 Å². The smallest absolute Gasteiger partial charge is 0.335 e. The van der Waals surface area contributed by atoms with Crippen LogP contribution in [0.25, 0.3) is 11.1 Å². The Kier molecular flexibility index (Phi) is 8.43. The van der Waals surface area contributed by atoms with Crippen molar-refractivity contribution in [2.75, 3.05) is 20.3 Å². The lowest BCUT2D eigenvalue weighted by atomic mass is 10.0. The molecular weight excluding hydrogens is 424 g/mol. The zero-order valence-electron chi connectivity index (χ0n) is 18.3. The number of aromatic carboxylic acids is 1. The molecule has 1 atom stereocenters. The van der Waals surface area contributed by atoms with Crippen LogP contribution in [0.4, 0.5) is 0 Å². The second-order valence-corrected chi connectivity index (χ2v) is 7.37. The standard InChI is InChI=1S/C26H26O7/c1-31-24(26(29)30)17-18-3-11-22(12-4-18)32-15-2-16-33-23-13-9-20(10-14-23)19-5-7-21(8-6-19)25(27)28/h3-14,24H,2,15-17H2,1H3,(H,27,28)(H,29,30)/t24-/m0/s1. The summed E-state index contributed by atoms with van der Waals surface area (Å²) in [5, 5.41) is 18.0. The summed E-state index contributed by atoms with van der Waals surface area (Å²) in [6, 6.07) is 21.6. The van der Waals surface area contributed by atoms with Crippen molar-refractivity contribution in [2.24, 2.45) is 0 Å². The molecule has 0 unspecified atom stereocenters. The van der Waals surface area contributed by atoms with E-state index in [4.69, 9.17) is 24.4 Å². The van der Waals surface area contributed by atoms with Crippen molar-refractivity contribution in [1.29, 1.82) is 0 Å². The van der Waals surface area contributed by atoms with Crippen molar-refractivity contribution in [2.45, 2.75) is 18.9 Å². The first-order chi connectivity index (χ1) is 16.0. The average Bonchev–Trinajstić information content (AvgIpc) is 2.83. The van der Waals surface area contributed by atoms with Crippen LogP contribution in [0.3, 0.4) is 0 Å². The minimum absolute atomic E-state index is 0.259. The maximum Gasteiger partial charge on any atom is 0.335 e. The van der Waals surface area contributed by atoms with Gasteiger partial charge in [0.1, 0.15) is 11.5 Å². The lowest BCUT2D eigenvalue weighted by Crippen LogP contribution is -2.24. The van der Waals surface area contributed by atoms with Gasteiger partial charge in [-0.3, -0.25) is 0 Å². The minimum atomic E-state index is -0.984. The fraction of sp³-hybridized carbons (Fsp3) is 0.231. The largest absolute Gasteiger partial charge is 0.493 e. The lowest BCUT2D eigenvalue weighted by Gasteiger charge is -2.11. The molecule has 0 heterocycles. The van der Waals surface area contributed by atoms with Gasteiger partial charge in [0.05, 0.1) is 18.8 Å². The third-order valence-corrected chi connectivity index (χ3v) is 5.05. The van der Waals surface area contributed by atoms with E-state index in [0.717, 1.165) is 22.4 Å². The van der Waals surface area contributed by atoms with E-state index in [2.05, 4.69) is 0 Å². The highest BCUT2D eigenvalue weighted by molar-refractivity contribution is 5.88. The maximum absolute atomic E-state index is 11.0. The highest BCUT2D eigenvalue weighted by atomic mass is 16.5. The zero-order chi connectivity index (χ0) is 23.6. The van der Waals surface area contributed by atoms with Gasteiger partial charge < -0.3 is 24.4 Å². The molecule has 0 saturated heterocycles. The number of ether oxygens (including phenoxy) is 3. The molecule has 7 nitrogen and oxygen atoms in total. The molecule has 2 N–H and O–H groups in total. The Labute approximate surface area is 192 Å². The monoisotopic (exact) mass is 450 g/mol. The molecule has 0 aromatic heterocycles. The van der Waals surface area contributed by atoms with Crippen LogP contribution in [0.5, 0.6) is 11.5 Å². The van der Waals surface area contributed by atoms with Crippen molar-refractivity contribution >= 4 is 11.9 Å². The normalized spacial score (nSPS) is 11.5. The summed E-state index contributed by atoms with van der Waals surface area (Å²) in [6.07, 6.45) is 0.137. The highest BCUT2D eigenvalue weighted by Crippen LogP contribution is 2.23. The molecule has 33 heavy (non-hydrogen) atoms. The molecule has 3 aromatic rings. The SMILES string of the molecule is CO[C@@H](Cc1ccc(OCCCOc2ccc(-c3ccc(C(=O)O)cc3)cc2)cc1)C(=O)O. The van der Waals surface area contributed by atoms with E-state index >= 15 is 0 Å². The summed E-state index contributed by atoms with van der Waals surface area (Å²) in [6.45, 7) is 0.988. The Morgan fingerprint density at radius 3 is 1.70 bits per heavy atom. The number of aliphatic carboxylic acids is 1. The average molecular weight is 450 g/mol. The summed E-state index contributed by atoms with van der Waals surface area (Å²) in [7, 11) is 1.38. The summed E-state index contributed by atoms with van der Waals surface area (Å²) in [5.74, 6) is -0.471. The van der Waals surface area contributed by atoms with Gasteiger partial charge in [-0.1, -0.05) is 36.4 Å². The quantitative estimate of drug-likeness (QED) is 0.391. The predicted molar refractivity (Wildman–Crippen MR) is 123 cm³/mol. The summed E-state index contributed by atoms with van der Waals surface area (Å²) >= 11 is 0. The van der Waals surface area contributed by atoms with Crippen LogP contribution in [-0.2, 0) is 16.0 Å². The molecule has 0 radical (unpaired) electrons. The van der Waals surface area contributed by atoms with Gasteiger partial charge in [0.2, 0.25) is 0 Å². The second kappa shape index (κ2) is 11.7. The van der Waals surface area contributed by atoms with E-state index < -0.39 is 18.0 Å². The van der Waals surface area contributed by atoms with Gasteiger partial charge in [0.25, 0.3) is 0 Å². The number of carboxylic acids is 2. The lowest BCUT2D eigenvalue weighted by molar-refractivity contribution is -0.148. The number of benzene rings is 3. The van der Waals surface area contributed by atoms with Crippen LogP contribution in [0.2, 0.25) is 0 Å². The van der Waals surface area contributed by atoms with E-state index in [1.807, 2.05) is 48.5 Å². The van der Waals surface area contributed by atoms with Gasteiger partial charge >= 0.3 is 11.9 Å². The number of hydrogen-bond acceptors (Lipinski definition) is 5. The molecule has 7 heteroatoms. The Hall–Kier alpha value is -3.84. The van der Waals surface area contributed by atoms with Gasteiger partial charge in [-0.25, -0.2) is 9.59 Å². The Morgan fingerprint density at radius 1 is 0.758 bits per heavy atom. The third-order valence-electron chi connectivity index (χ3n) is 5.05. The van der Waals surface area contributed by atoms with E-state index in [-0.39, 0.29) is 5.56 Å². The van der Waals surface area contributed by atoms with Crippen molar-refractivity contribution in [3.63, 3.8) is 0 Å². The molecule has 0 aliphatic carbocycles. The van der Waals surface area contributed by atoms with Crippen LogP contribution in [-0.4, -0.2) is 48.6 Å². The predicted octanol–water partition coefficient (Wildman–Crippen LogP) is 4.54. The van der Waals surface area contributed by atoms with E-state index in [9.17, 15) is 9.59 Å². The first kappa shape index (κ1) is 23.8. The Balaban J connectivity index is 1.39. The van der Waals surface area contributed by atoms with Crippen LogP contribution in [0.15, 0.2) is 72.8 Å². The fourth-order valence-electron chi connectivity index (χ4n) is 3.20. The first-order valence-electron chi connectivity index (χ1n) is 10.5. The van der Waals surface area contributed by atoms with Crippen LogP contribution < -0.4 is 9.47 Å². The number of hydrogen-bond donors (Lipinski definition) is 2. The molecule has 3 aromatic carbocycles. The summed E-state index contributed by atoms with van der Waals surface area (Å²) in [5.41, 5.74) is 3.04. The Morgan fingerprint density at radius 2 is 1.24 bits per heavy atom. The van der Waals surface area contributed by atoms with Gasteiger partial charge in [-0.15, -0.1) is 0 Å². The van der Waals surface area contributed by atoms with Gasteiger partial charge in [-0.2, -0.15) is 0 Å². The minimum Gasteiger partial charge on any atom is -0.493 e. The number of rotatable bonds is 12. The Bertz CT molecular complexity index is 1040. The van der Waals surface area contributed by atoms with Crippen LogP contribution >= 0.6 is 0 Å². The highest BCUT2D eigenvalue weighted by Gasteiger charge is 2.16. The van der Waals surface area contributed by atoms with Crippen LogP contribution in [0.1, 0.15) is 22.3 Å². The molecule has 0 amide bonds. The van der Waals surface area contributed by atoms with E-state index in [0.29, 0.717) is 31.8 Å². The van der Waals surface area contributed by atoms with Gasteiger partial charge in [0, 0.05) is 20.0 Å². The first-order valence-corrected chi connectivity index (χ1v) is 10.5. The molecule has 0 aliphatic rings. The third kappa shape index (κ3) is 7.08. The van der Waals surface area contributed by atoms with Crippen molar-refractivity contribution in [1.82, 2.24) is 0 Å². The number of carboxylic acid groups (broad SMARTS) is 2. The van der Waals surface area contributed by atoms with Crippen molar-refractivity contribution in [3.05, 3.63) is 83.9 Å². The fourth-order valence-corrected chi connectivity index (χ4v) is 3.20. The zero-order valence-corrected chi connectivity index (χ0v) is 18.3. The molecule has 0 fully saturated rings.